The maximum Gasteiger partial charge on any atom is 0.0830 e. The lowest BCUT2D eigenvalue weighted by molar-refractivity contribution is 0.178. The number of aliphatic hydroxyl groups is 1. The number of hydrogen-bond acceptors (Lipinski definition) is 2. The fourth-order valence-electron chi connectivity index (χ4n) is 2.52. The van der Waals surface area contributed by atoms with Crippen LogP contribution in [0.15, 0.2) is 42.5 Å². The van der Waals surface area contributed by atoms with Crippen LogP contribution < -0.4 is 4.90 Å². The summed E-state index contributed by atoms with van der Waals surface area (Å²) < 4.78 is 0. The van der Waals surface area contributed by atoms with Crippen molar-refractivity contribution >= 4 is 5.69 Å². The van der Waals surface area contributed by atoms with Crippen LogP contribution in [0.25, 0.3) is 0 Å². The van der Waals surface area contributed by atoms with Crippen LogP contribution >= 0.6 is 0 Å². The highest BCUT2D eigenvalue weighted by Crippen LogP contribution is 2.22. The van der Waals surface area contributed by atoms with E-state index >= 15 is 0 Å². The summed E-state index contributed by atoms with van der Waals surface area (Å²) in [7, 11) is 4.03. The van der Waals surface area contributed by atoms with Crippen LogP contribution in [-0.4, -0.2) is 19.2 Å². The molecule has 2 aromatic carbocycles. The zero-order chi connectivity index (χ0) is 14.7. The largest absolute Gasteiger partial charge is 0.388 e. The van der Waals surface area contributed by atoms with Crippen molar-refractivity contribution in [2.75, 3.05) is 19.0 Å². The van der Waals surface area contributed by atoms with Gasteiger partial charge in [0.2, 0.25) is 0 Å². The lowest BCUT2D eigenvalue weighted by Crippen LogP contribution is -2.09. The van der Waals surface area contributed by atoms with E-state index in [1.807, 2.05) is 38.4 Å². The summed E-state index contributed by atoms with van der Waals surface area (Å²) in [5.74, 6) is 0. The minimum absolute atomic E-state index is 0.451. The predicted molar refractivity (Wildman–Crippen MR) is 85.3 cm³/mol. The average molecular weight is 269 g/mol. The molecule has 0 heterocycles. The zero-order valence-corrected chi connectivity index (χ0v) is 12.7. The Kier molecular flexibility index (Phi) is 4.46. The van der Waals surface area contributed by atoms with E-state index in [4.69, 9.17) is 0 Å². The molecule has 1 unspecified atom stereocenters. The van der Waals surface area contributed by atoms with Crippen LogP contribution in [0.2, 0.25) is 0 Å². The molecule has 20 heavy (non-hydrogen) atoms. The molecule has 0 fully saturated rings. The van der Waals surface area contributed by atoms with E-state index in [2.05, 4.69) is 36.9 Å². The number of nitrogens with zero attached hydrogens (tertiary/aromatic N) is 1. The van der Waals surface area contributed by atoms with Crippen molar-refractivity contribution < 1.29 is 5.11 Å². The van der Waals surface area contributed by atoms with E-state index in [-0.39, 0.29) is 0 Å². The summed E-state index contributed by atoms with van der Waals surface area (Å²) in [6.07, 6.45) is 0.205. The van der Waals surface area contributed by atoms with Gasteiger partial charge in [0.25, 0.3) is 0 Å². The van der Waals surface area contributed by atoms with Gasteiger partial charge >= 0.3 is 0 Å². The van der Waals surface area contributed by atoms with Crippen LogP contribution in [0.1, 0.15) is 28.4 Å². The monoisotopic (exact) mass is 269 g/mol. The van der Waals surface area contributed by atoms with Gasteiger partial charge in [-0.15, -0.1) is 0 Å². The molecule has 2 nitrogen and oxygen atoms in total. The minimum atomic E-state index is -0.451. The van der Waals surface area contributed by atoms with Gasteiger partial charge in [0.1, 0.15) is 0 Å². The third kappa shape index (κ3) is 3.61. The molecule has 2 aromatic rings. The first-order valence-corrected chi connectivity index (χ1v) is 6.98. The number of rotatable bonds is 4. The number of aliphatic hydroxyl groups excluding tert-OH is 1. The van der Waals surface area contributed by atoms with Gasteiger partial charge in [0.05, 0.1) is 6.10 Å². The minimum Gasteiger partial charge on any atom is -0.388 e. The number of aryl methyl sites for hydroxylation is 2. The van der Waals surface area contributed by atoms with Crippen LogP contribution in [-0.2, 0) is 6.42 Å². The summed E-state index contributed by atoms with van der Waals surface area (Å²) in [6, 6.07) is 14.5. The molecule has 0 amide bonds. The Morgan fingerprint density at radius 1 is 0.950 bits per heavy atom. The van der Waals surface area contributed by atoms with Gasteiger partial charge in [-0.05, 0) is 37.1 Å². The first-order chi connectivity index (χ1) is 9.45. The van der Waals surface area contributed by atoms with E-state index < -0.39 is 6.10 Å². The molecule has 1 atom stereocenters. The van der Waals surface area contributed by atoms with Gasteiger partial charge in [-0.3, -0.25) is 0 Å². The molecule has 0 saturated heterocycles. The molecule has 0 spiro atoms. The lowest BCUT2D eigenvalue weighted by Gasteiger charge is -2.16. The van der Waals surface area contributed by atoms with Crippen molar-refractivity contribution in [1.29, 1.82) is 0 Å². The highest BCUT2D eigenvalue weighted by atomic mass is 16.3. The van der Waals surface area contributed by atoms with Crippen molar-refractivity contribution in [3.63, 3.8) is 0 Å². The van der Waals surface area contributed by atoms with E-state index in [1.165, 1.54) is 16.7 Å². The quantitative estimate of drug-likeness (QED) is 0.916. The van der Waals surface area contributed by atoms with Crippen molar-refractivity contribution in [1.82, 2.24) is 0 Å². The summed E-state index contributed by atoms with van der Waals surface area (Å²) >= 11 is 0. The maximum atomic E-state index is 10.4. The van der Waals surface area contributed by atoms with Gasteiger partial charge in [-0.1, -0.05) is 41.5 Å². The first kappa shape index (κ1) is 14.6. The predicted octanol–water partition coefficient (Wildman–Crippen LogP) is 3.65. The van der Waals surface area contributed by atoms with Crippen LogP contribution in [0, 0.1) is 13.8 Å². The average Bonchev–Trinajstić information content (AvgIpc) is 2.37. The molecule has 2 heteroatoms. The molecule has 0 aliphatic rings. The number of anilines is 1. The Morgan fingerprint density at radius 3 is 2.00 bits per heavy atom. The van der Waals surface area contributed by atoms with Crippen molar-refractivity contribution in [2.45, 2.75) is 26.4 Å². The smallest absolute Gasteiger partial charge is 0.0830 e. The van der Waals surface area contributed by atoms with E-state index in [0.29, 0.717) is 6.42 Å². The van der Waals surface area contributed by atoms with Crippen LogP contribution in [0.3, 0.4) is 0 Å². The normalized spacial score (nSPS) is 12.2. The Bertz CT molecular complexity index is 552. The molecule has 0 aromatic heterocycles. The van der Waals surface area contributed by atoms with Gasteiger partial charge in [0.15, 0.2) is 0 Å². The van der Waals surface area contributed by atoms with Crippen LogP contribution in [0.5, 0.6) is 0 Å². The standard InChI is InChI=1S/C18H23NO/c1-13-9-14(2)11-15(10-13)12-18(20)16-5-7-17(8-6-16)19(3)4/h5-11,18,20H,12H2,1-4H3. The lowest BCUT2D eigenvalue weighted by atomic mass is 9.98. The molecular weight excluding hydrogens is 246 g/mol. The second-order valence-corrected chi connectivity index (χ2v) is 5.70. The number of hydrogen-bond donors (Lipinski definition) is 1. The molecular formula is C18H23NO. The van der Waals surface area contributed by atoms with Crippen LogP contribution in [0.4, 0.5) is 5.69 Å². The zero-order valence-electron chi connectivity index (χ0n) is 12.7. The molecule has 0 bridgehead atoms. The Morgan fingerprint density at radius 2 is 1.50 bits per heavy atom. The molecule has 1 N–H and O–H groups in total. The fraction of sp³-hybridized carbons (Fsp3) is 0.333. The first-order valence-electron chi connectivity index (χ1n) is 6.98. The summed E-state index contributed by atoms with van der Waals surface area (Å²) in [5.41, 5.74) is 5.79. The summed E-state index contributed by atoms with van der Waals surface area (Å²) in [4.78, 5) is 2.06. The highest BCUT2D eigenvalue weighted by Gasteiger charge is 2.09. The van der Waals surface area contributed by atoms with Crippen molar-refractivity contribution in [3.05, 3.63) is 64.7 Å². The van der Waals surface area contributed by atoms with Gasteiger partial charge in [-0.2, -0.15) is 0 Å². The SMILES string of the molecule is Cc1cc(C)cc(CC(O)c2ccc(N(C)C)cc2)c1. The van der Waals surface area contributed by atoms with E-state index in [0.717, 1.165) is 11.3 Å². The van der Waals surface area contributed by atoms with Crippen molar-refractivity contribution in [3.8, 4) is 0 Å². The topological polar surface area (TPSA) is 23.5 Å². The highest BCUT2D eigenvalue weighted by molar-refractivity contribution is 5.46. The molecule has 2 rings (SSSR count). The van der Waals surface area contributed by atoms with E-state index in [1.54, 1.807) is 0 Å². The van der Waals surface area contributed by atoms with Crippen molar-refractivity contribution in [2.24, 2.45) is 0 Å². The number of benzene rings is 2. The second kappa shape index (κ2) is 6.10. The Balaban J connectivity index is 2.13. The second-order valence-electron chi connectivity index (χ2n) is 5.70. The maximum absolute atomic E-state index is 10.4. The van der Waals surface area contributed by atoms with E-state index in [9.17, 15) is 5.11 Å². The molecule has 0 aliphatic carbocycles. The molecule has 106 valence electrons. The van der Waals surface area contributed by atoms with Gasteiger partial charge in [0, 0.05) is 26.2 Å². The third-order valence-electron chi connectivity index (χ3n) is 3.50. The summed E-state index contributed by atoms with van der Waals surface area (Å²) in [6.45, 7) is 4.18. The Hall–Kier alpha value is -1.80. The molecule has 0 radical (unpaired) electrons. The Labute approximate surface area is 121 Å². The van der Waals surface area contributed by atoms with Gasteiger partial charge < -0.3 is 10.0 Å². The molecule has 0 aliphatic heterocycles. The molecule has 0 saturated carbocycles. The van der Waals surface area contributed by atoms with Gasteiger partial charge in [-0.25, -0.2) is 0 Å². The third-order valence-corrected chi connectivity index (χ3v) is 3.50. The summed E-state index contributed by atoms with van der Waals surface area (Å²) in [5, 5.41) is 10.4. The fourth-order valence-corrected chi connectivity index (χ4v) is 2.52.